The van der Waals surface area contributed by atoms with Gasteiger partial charge in [0.2, 0.25) is 0 Å². The van der Waals surface area contributed by atoms with Crippen LogP contribution in [0, 0.1) is 0 Å². The standard InChI is InChI=1S/C14H15N3O3/c1-17(11-6-3-2-4-7-11)16-13(18)10-15-14(19)12-8-5-9-20-12/h2-9H,10H2,1H3,(H,15,19)(H,16,18). The molecule has 2 N–H and O–H groups in total. The summed E-state index contributed by atoms with van der Waals surface area (Å²) in [6.07, 6.45) is 1.40. The van der Waals surface area contributed by atoms with E-state index in [1.54, 1.807) is 18.1 Å². The van der Waals surface area contributed by atoms with Gasteiger partial charge in [-0.1, -0.05) is 18.2 Å². The third-order valence-electron chi connectivity index (χ3n) is 2.59. The first-order valence-electron chi connectivity index (χ1n) is 6.07. The molecule has 0 aliphatic rings. The Labute approximate surface area is 116 Å². The summed E-state index contributed by atoms with van der Waals surface area (Å²) in [7, 11) is 1.72. The molecule has 104 valence electrons. The van der Waals surface area contributed by atoms with Gasteiger partial charge in [-0.05, 0) is 24.3 Å². The van der Waals surface area contributed by atoms with Gasteiger partial charge in [0.25, 0.3) is 11.8 Å². The smallest absolute Gasteiger partial charge is 0.287 e. The Bertz CT molecular complexity index is 567. The summed E-state index contributed by atoms with van der Waals surface area (Å²) in [6, 6.07) is 12.5. The number of nitrogens with one attached hydrogen (secondary N) is 2. The second-order valence-corrected chi connectivity index (χ2v) is 4.09. The van der Waals surface area contributed by atoms with Crippen molar-refractivity contribution >= 4 is 17.5 Å². The number of nitrogens with zero attached hydrogens (tertiary/aromatic N) is 1. The van der Waals surface area contributed by atoms with Crippen molar-refractivity contribution in [1.82, 2.24) is 10.7 Å². The molecule has 0 radical (unpaired) electrons. The first-order valence-corrected chi connectivity index (χ1v) is 6.07. The fourth-order valence-corrected chi connectivity index (χ4v) is 1.60. The SMILES string of the molecule is CN(NC(=O)CNC(=O)c1ccco1)c1ccccc1. The zero-order valence-corrected chi connectivity index (χ0v) is 11.0. The zero-order chi connectivity index (χ0) is 14.4. The fourth-order valence-electron chi connectivity index (χ4n) is 1.60. The fraction of sp³-hybridized carbons (Fsp3) is 0.143. The van der Waals surface area contributed by atoms with Crippen molar-refractivity contribution in [2.24, 2.45) is 0 Å². The van der Waals surface area contributed by atoms with Gasteiger partial charge < -0.3 is 9.73 Å². The number of benzene rings is 1. The minimum Gasteiger partial charge on any atom is -0.459 e. The summed E-state index contributed by atoms with van der Waals surface area (Å²) >= 11 is 0. The van der Waals surface area contributed by atoms with E-state index >= 15 is 0 Å². The normalized spacial score (nSPS) is 9.85. The van der Waals surface area contributed by atoms with Crippen LogP contribution in [-0.2, 0) is 4.79 Å². The number of rotatable bonds is 5. The lowest BCUT2D eigenvalue weighted by molar-refractivity contribution is -0.120. The lowest BCUT2D eigenvalue weighted by atomic mass is 10.3. The maximum absolute atomic E-state index is 11.7. The molecule has 2 amide bonds. The Morgan fingerprint density at radius 2 is 1.90 bits per heavy atom. The topological polar surface area (TPSA) is 74.6 Å². The molecule has 6 nitrogen and oxygen atoms in total. The first-order chi connectivity index (χ1) is 9.66. The van der Waals surface area contributed by atoms with Crippen LogP contribution in [0.25, 0.3) is 0 Å². The molecule has 0 saturated carbocycles. The minimum atomic E-state index is -0.424. The maximum Gasteiger partial charge on any atom is 0.287 e. The minimum absolute atomic E-state index is 0.128. The van der Waals surface area contributed by atoms with Gasteiger partial charge in [-0.2, -0.15) is 0 Å². The van der Waals surface area contributed by atoms with Crippen molar-refractivity contribution < 1.29 is 14.0 Å². The van der Waals surface area contributed by atoms with Crippen molar-refractivity contribution in [2.45, 2.75) is 0 Å². The van der Waals surface area contributed by atoms with Gasteiger partial charge in [0.1, 0.15) is 0 Å². The first kappa shape index (κ1) is 13.7. The quantitative estimate of drug-likeness (QED) is 0.802. The molecule has 0 spiro atoms. The molecule has 1 aromatic carbocycles. The number of anilines is 1. The number of furan rings is 1. The van der Waals surface area contributed by atoms with Gasteiger partial charge in [0, 0.05) is 7.05 Å². The van der Waals surface area contributed by atoms with Crippen LogP contribution in [0.15, 0.2) is 53.1 Å². The molecule has 1 heterocycles. The second kappa shape index (κ2) is 6.42. The lowest BCUT2D eigenvalue weighted by Gasteiger charge is -2.20. The largest absolute Gasteiger partial charge is 0.459 e. The zero-order valence-electron chi connectivity index (χ0n) is 11.0. The Balaban J connectivity index is 1.80. The van der Waals surface area contributed by atoms with E-state index in [-0.39, 0.29) is 18.2 Å². The van der Waals surface area contributed by atoms with E-state index in [4.69, 9.17) is 4.42 Å². The van der Waals surface area contributed by atoms with Gasteiger partial charge in [0.05, 0.1) is 18.5 Å². The molecule has 2 aromatic rings. The average Bonchev–Trinajstić information content (AvgIpc) is 3.00. The highest BCUT2D eigenvalue weighted by molar-refractivity contribution is 5.94. The number of hydrogen-bond acceptors (Lipinski definition) is 4. The Morgan fingerprint density at radius 1 is 1.15 bits per heavy atom. The molecular formula is C14H15N3O3. The molecule has 0 aliphatic heterocycles. The van der Waals surface area contributed by atoms with E-state index in [2.05, 4.69) is 10.7 Å². The van der Waals surface area contributed by atoms with Crippen LogP contribution in [0.5, 0.6) is 0 Å². The van der Waals surface area contributed by atoms with Crippen LogP contribution in [0.2, 0.25) is 0 Å². The number of amides is 2. The number of carbonyl (C=O) groups is 2. The number of hydrogen-bond donors (Lipinski definition) is 2. The third kappa shape index (κ3) is 3.61. The van der Waals surface area contributed by atoms with E-state index < -0.39 is 5.91 Å². The van der Waals surface area contributed by atoms with Gasteiger partial charge in [0.15, 0.2) is 5.76 Å². The molecule has 0 unspecified atom stereocenters. The Hall–Kier alpha value is -2.76. The summed E-state index contributed by atoms with van der Waals surface area (Å²) in [4.78, 5) is 23.3. The molecule has 0 aliphatic carbocycles. The molecule has 0 fully saturated rings. The van der Waals surface area contributed by atoms with Crippen LogP contribution >= 0.6 is 0 Å². The van der Waals surface area contributed by atoms with Crippen molar-refractivity contribution in [3.8, 4) is 0 Å². The predicted molar refractivity (Wildman–Crippen MR) is 74.0 cm³/mol. The highest BCUT2D eigenvalue weighted by Crippen LogP contribution is 2.07. The van der Waals surface area contributed by atoms with Gasteiger partial charge >= 0.3 is 0 Å². The van der Waals surface area contributed by atoms with Gasteiger partial charge in [-0.15, -0.1) is 0 Å². The number of carbonyl (C=O) groups excluding carboxylic acids is 2. The lowest BCUT2D eigenvalue weighted by Crippen LogP contribution is -2.45. The Morgan fingerprint density at radius 3 is 2.55 bits per heavy atom. The van der Waals surface area contributed by atoms with Gasteiger partial charge in [-0.3, -0.25) is 20.0 Å². The molecule has 2 rings (SSSR count). The summed E-state index contributed by atoms with van der Waals surface area (Å²) in [5.41, 5.74) is 3.49. The third-order valence-corrected chi connectivity index (χ3v) is 2.59. The van der Waals surface area contributed by atoms with Crippen LogP contribution in [0.3, 0.4) is 0 Å². The molecule has 0 saturated heterocycles. The summed E-state index contributed by atoms with van der Waals surface area (Å²) < 4.78 is 4.92. The van der Waals surface area contributed by atoms with Crippen LogP contribution in [0.4, 0.5) is 5.69 Å². The highest BCUT2D eigenvalue weighted by Gasteiger charge is 2.11. The predicted octanol–water partition coefficient (Wildman–Crippen LogP) is 1.18. The summed E-state index contributed by atoms with van der Waals surface area (Å²) in [5.74, 6) is -0.571. The van der Waals surface area contributed by atoms with Crippen molar-refractivity contribution in [3.63, 3.8) is 0 Å². The summed E-state index contributed by atoms with van der Waals surface area (Å²) in [5, 5.41) is 4.05. The van der Waals surface area contributed by atoms with E-state index in [9.17, 15) is 9.59 Å². The summed E-state index contributed by atoms with van der Waals surface area (Å²) in [6.45, 7) is -0.128. The van der Waals surface area contributed by atoms with E-state index in [1.807, 2.05) is 30.3 Å². The average molecular weight is 273 g/mol. The van der Waals surface area contributed by atoms with E-state index in [1.165, 1.54) is 12.3 Å². The van der Waals surface area contributed by atoms with Crippen molar-refractivity contribution in [3.05, 3.63) is 54.5 Å². The second-order valence-electron chi connectivity index (χ2n) is 4.09. The number of para-hydroxylation sites is 1. The Kier molecular flexibility index (Phi) is 4.39. The highest BCUT2D eigenvalue weighted by atomic mass is 16.3. The molecule has 1 aromatic heterocycles. The van der Waals surface area contributed by atoms with Crippen molar-refractivity contribution in [1.29, 1.82) is 0 Å². The van der Waals surface area contributed by atoms with Crippen LogP contribution < -0.4 is 15.8 Å². The van der Waals surface area contributed by atoms with E-state index in [0.29, 0.717) is 0 Å². The van der Waals surface area contributed by atoms with E-state index in [0.717, 1.165) is 5.69 Å². The van der Waals surface area contributed by atoms with Crippen LogP contribution in [-0.4, -0.2) is 25.4 Å². The number of hydrazine groups is 1. The molecular weight excluding hydrogens is 258 g/mol. The van der Waals surface area contributed by atoms with Crippen molar-refractivity contribution in [2.75, 3.05) is 18.6 Å². The van der Waals surface area contributed by atoms with Gasteiger partial charge in [-0.25, -0.2) is 0 Å². The van der Waals surface area contributed by atoms with Crippen LogP contribution in [0.1, 0.15) is 10.6 Å². The molecule has 6 heteroatoms. The maximum atomic E-state index is 11.7. The molecule has 0 atom stereocenters. The monoisotopic (exact) mass is 273 g/mol. The molecule has 20 heavy (non-hydrogen) atoms. The molecule has 0 bridgehead atoms.